The quantitative estimate of drug-likeness (QED) is 0.570. The van der Waals surface area contributed by atoms with E-state index in [-0.39, 0.29) is 5.76 Å². The number of nitrogens with zero attached hydrogens (tertiary/aromatic N) is 1. The van der Waals surface area contributed by atoms with Crippen molar-refractivity contribution in [3.05, 3.63) is 54.3 Å². The first-order valence-corrected chi connectivity index (χ1v) is 5.55. The highest BCUT2D eigenvalue weighted by atomic mass is 16.3. The molecule has 0 aliphatic rings. The zero-order chi connectivity index (χ0) is 12.3. The predicted octanol–water partition coefficient (Wildman–Crippen LogP) is 3.20. The van der Waals surface area contributed by atoms with Crippen LogP contribution in [0.4, 0.5) is 5.69 Å². The van der Waals surface area contributed by atoms with Crippen LogP contribution in [-0.4, -0.2) is 5.71 Å². The Hall–Kier alpha value is -2.09. The molecule has 0 spiro atoms. The zero-order valence-corrected chi connectivity index (χ0v) is 9.97. The Bertz CT molecular complexity index is 587. The highest BCUT2D eigenvalue weighted by Gasteiger charge is 1.97. The lowest BCUT2D eigenvalue weighted by molar-refractivity contribution is -0.301. The lowest BCUT2D eigenvalue weighted by atomic mass is 10.1. The van der Waals surface area contributed by atoms with E-state index in [1.54, 1.807) is 6.08 Å². The van der Waals surface area contributed by atoms with Crippen LogP contribution in [0.3, 0.4) is 0 Å². The maximum Gasteiger partial charge on any atom is 0.0711 e. The van der Waals surface area contributed by atoms with Gasteiger partial charge in [0.05, 0.1) is 5.69 Å². The van der Waals surface area contributed by atoms with Crippen molar-refractivity contribution in [3.63, 3.8) is 0 Å². The molecule has 0 N–H and O–H groups in total. The molecule has 0 bridgehead atoms. The average molecular weight is 224 g/mol. The number of benzene rings is 2. The van der Waals surface area contributed by atoms with Gasteiger partial charge in [0.1, 0.15) is 0 Å². The Morgan fingerprint density at radius 1 is 1.06 bits per heavy atom. The number of hydrogen-bond acceptors (Lipinski definition) is 2. The first-order valence-electron chi connectivity index (χ1n) is 5.55. The molecule has 17 heavy (non-hydrogen) atoms. The summed E-state index contributed by atoms with van der Waals surface area (Å²) in [7, 11) is 0. The SMILES string of the molecule is CC(/C=C(/C)[O-])=Nc1cccc2ccccc12. The summed E-state index contributed by atoms with van der Waals surface area (Å²) in [5.74, 6) is 0.0199. The topological polar surface area (TPSA) is 35.4 Å². The average Bonchev–Trinajstić information content (AvgIpc) is 2.28. The summed E-state index contributed by atoms with van der Waals surface area (Å²) < 4.78 is 0. The van der Waals surface area contributed by atoms with Crippen molar-refractivity contribution in [2.75, 3.05) is 0 Å². The van der Waals surface area contributed by atoms with E-state index in [0.717, 1.165) is 22.2 Å². The van der Waals surface area contributed by atoms with Crippen LogP contribution in [0.15, 0.2) is 59.3 Å². The van der Waals surface area contributed by atoms with Gasteiger partial charge in [-0.15, -0.1) is 5.76 Å². The fourth-order valence-electron chi connectivity index (χ4n) is 1.82. The van der Waals surface area contributed by atoms with Gasteiger partial charge in [0.25, 0.3) is 0 Å². The lowest BCUT2D eigenvalue weighted by Gasteiger charge is -2.05. The van der Waals surface area contributed by atoms with E-state index in [0.29, 0.717) is 0 Å². The minimum absolute atomic E-state index is 0.0199. The largest absolute Gasteiger partial charge is 0.876 e. The smallest absolute Gasteiger partial charge is 0.0711 e. The molecule has 0 unspecified atom stereocenters. The summed E-state index contributed by atoms with van der Waals surface area (Å²) in [6.45, 7) is 3.37. The van der Waals surface area contributed by atoms with Crippen molar-refractivity contribution in [2.45, 2.75) is 13.8 Å². The fourth-order valence-corrected chi connectivity index (χ4v) is 1.82. The number of rotatable bonds is 2. The Kier molecular flexibility index (Phi) is 3.24. The van der Waals surface area contributed by atoms with Crippen LogP contribution >= 0.6 is 0 Å². The Labute approximate surface area is 101 Å². The lowest BCUT2D eigenvalue weighted by Crippen LogP contribution is -2.00. The maximum atomic E-state index is 11.0. The van der Waals surface area contributed by atoms with Crippen molar-refractivity contribution in [1.82, 2.24) is 0 Å². The summed E-state index contributed by atoms with van der Waals surface area (Å²) in [5.41, 5.74) is 1.63. The van der Waals surface area contributed by atoms with Gasteiger partial charge in [-0.3, -0.25) is 4.99 Å². The van der Waals surface area contributed by atoms with Crippen LogP contribution < -0.4 is 5.11 Å². The summed E-state index contributed by atoms with van der Waals surface area (Å²) in [5, 5.41) is 13.2. The number of allylic oxidation sites excluding steroid dienone is 2. The molecule has 2 nitrogen and oxygen atoms in total. The zero-order valence-electron chi connectivity index (χ0n) is 9.97. The van der Waals surface area contributed by atoms with E-state index in [2.05, 4.69) is 17.1 Å². The third kappa shape index (κ3) is 2.72. The molecular formula is C15H14NO-. The molecule has 0 heterocycles. The van der Waals surface area contributed by atoms with Crippen molar-refractivity contribution in [3.8, 4) is 0 Å². The van der Waals surface area contributed by atoms with E-state index in [9.17, 15) is 5.11 Å². The second kappa shape index (κ2) is 4.83. The second-order valence-electron chi connectivity index (χ2n) is 4.01. The molecule has 0 atom stereocenters. The van der Waals surface area contributed by atoms with E-state index in [1.807, 2.05) is 37.3 Å². The second-order valence-corrected chi connectivity index (χ2v) is 4.01. The van der Waals surface area contributed by atoms with Crippen molar-refractivity contribution in [2.24, 2.45) is 4.99 Å². The summed E-state index contributed by atoms with van der Waals surface area (Å²) >= 11 is 0. The Morgan fingerprint density at radius 2 is 1.76 bits per heavy atom. The standard InChI is InChI=1S/C15H15NO/c1-11(10-12(2)17)16-15-9-5-7-13-6-3-4-8-14(13)15/h3-10,17H,1-2H3/p-1/b12-10-,16-11?. The van der Waals surface area contributed by atoms with Crippen LogP contribution in [0.2, 0.25) is 0 Å². The first-order chi connectivity index (χ1) is 8.16. The molecule has 86 valence electrons. The molecule has 2 aromatic carbocycles. The highest BCUT2D eigenvalue weighted by Crippen LogP contribution is 2.25. The molecule has 0 fully saturated rings. The summed E-state index contributed by atoms with van der Waals surface area (Å²) in [6.07, 6.45) is 1.54. The normalized spacial score (nSPS) is 13.1. The first kappa shape index (κ1) is 11.4. The maximum absolute atomic E-state index is 11.0. The van der Waals surface area contributed by atoms with Gasteiger partial charge in [0.15, 0.2) is 0 Å². The Balaban J connectivity index is 2.53. The third-order valence-electron chi connectivity index (χ3n) is 2.48. The molecule has 2 rings (SSSR count). The number of fused-ring (bicyclic) bond motifs is 1. The minimum Gasteiger partial charge on any atom is -0.876 e. The number of hydrogen-bond donors (Lipinski definition) is 0. The van der Waals surface area contributed by atoms with Gasteiger partial charge in [-0.25, -0.2) is 0 Å². The summed E-state index contributed by atoms with van der Waals surface area (Å²) in [4.78, 5) is 4.47. The van der Waals surface area contributed by atoms with E-state index < -0.39 is 0 Å². The van der Waals surface area contributed by atoms with Crippen LogP contribution in [0.5, 0.6) is 0 Å². The van der Waals surface area contributed by atoms with Gasteiger partial charge in [-0.05, 0) is 18.4 Å². The van der Waals surface area contributed by atoms with E-state index in [1.165, 1.54) is 6.92 Å². The van der Waals surface area contributed by atoms with Crippen molar-refractivity contribution >= 4 is 22.2 Å². The fraction of sp³-hybridized carbons (Fsp3) is 0.133. The molecule has 2 heteroatoms. The van der Waals surface area contributed by atoms with Crippen molar-refractivity contribution < 1.29 is 5.11 Å². The third-order valence-corrected chi connectivity index (χ3v) is 2.48. The molecule has 2 aromatic rings. The highest BCUT2D eigenvalue weighted by molar-refractivity contribution is 5.99. The number of aliphatic imine (C=N–C) groups is 1. The molecule has 0 aromatic heterocycles. The van der Waals surface area contributed by atoms with Crippen LogP contribution in [-0.2, 0) is 0 Å². The van der Waals surface area contributed by atoms with Gasteiger partial charge in [-0.1, -0.05) is 49.4 Å². The molecule has 0 radical (unpaired) electrons. The Morgan fingerprint density at radius 3 is 2.53 bits per heavy atom. The predicted molar refractivity (Wildman–Crippen MR) is 70.5 cm³/mol. The van der Waals surface area contributed by atoms with Gasteiger partial charge in [-0.2, -0.15) is 0 Å². The van der Waals surface area contributed by atoms with E-state index >= 15 is 0 Å². The van der Waals surface area contributed by atoms with E-state index in [4.69, 9.17) is 0 Å². The minimum atomic E-state index is 0.0199. The summed E-state index contributed by atoms with van der Waals surface area (Å²) in [6, 6.07) is 14.1. The van der Waals surface area contributed by atoms with Gasteiger partial charge < -0.3 is 5.11 Å². The molecule has 0 saturated heterocycles. The molecule has 0 amide bonds. The monoisotopic (exact) mass is 224 g/mol. The molecular weight excluding hydrogens is 210 g/mol. The van der Waals surface area contributed by atoms with Crippen molar-refractivity contribution in [1.29, 1.82) is 0 Å². The van der Waals surface area contributed by atoms with Gasteiger partial charge in [0.2, 0.25) is 0 Å². The van der Waals surface area contributed by atoms with Crippen LogP contribution in [0, 0.1) is 0 Å². The molecule has 0 aliphatic heterocycles. The van der Waals surface area contributed by atoms with Crippen LogP contribution in [0.25, 0.3) is 10.8 Å². The van der Waals surface area contributed by atoms with Crippen LogP contribution in [0.1, 0.15) is 13.8 Å². The van der Waals surface area contributed by atoms with Gasteiger partial charge >= 0.3 is 0 Å². The molecule has 0 saturated carbocycles. The molecule has 0 aliphatic carbocycles. The van der Waals surface area contributed by atoms with Gasteiger partial charge in [0, 0.05) is 11.1 Å².